The first-order valence-electron chi connectivity index (χ1n) is 20.0. The van der Waals surface area contributed by atoms with Gasteiger partial charge in [0.1, 0.15) is 29.1 Å². The highest BCUT2D eigenvalue weighted by Crippen LogP contribution is 2.30. The minimum atomic E-state index is -4.49. The number of aryl methyl sites for hydroxylation is 1. The fourth-order valence-corrected chi connectivity index (χ4v) is 7.64. The van der Waals surface area contributed by atoms with E-state index >= 15 is 0 Å². The van der Waals surface area contributed by atoms with E-state index in [9.17, 15) is 37.1 Å². The number of carbonyl (C=O) groups is 3. The molecule has 20 nitrogen and oxygen atoms in total. The van der Waals surface area contributed by atoms with Crippen LogP contribution in [-0.2, 0) is 27.0 Å². The van der Waals surface area contributed by atoms with Crippen molar-refractivity contribution < 1.29 is 37.0 Å². The molecule has 346 valence electrons. The quantitative estimate of drug-likeness (QED) is 0.232. The highest BCUT2D eigenvalue weighted by Gasteiger charge is 2.32. The van der Waals surface area contributed by atoms with Crippen LogP contribution in [-0.4, -0.2) is 130 Å². The second kappa shape index (κ2) is 18.4. The molecule has 7 rings (SSSR count). The van der Waals surface area contributed by atoms with Crippen LogP contribution < -0.4 is 26.2 Å². The number of ether oxygens (including phenoxy) is 2. The Balaban J connectivity index is 0.000000234. The van der Waals surface area contributed by atoms with Crippen LogP contribution in [0.4, 0.5) is 39.8 Å². The zero-order valence-corrected chi connectivity index (χ0v) is 39.5. The monoisotopic (exact) mass is 1030 g/mol. The summed E-state index contributed by atoms with van der Waals surface area (Å²) >= 11 is 6.38. The summed E-state index contributed by atoms with van der Waals surface area (Å²) in [4.78, 5) is 83.4. The maximum Gasteiger partial charge on any atom is 0.416 e. The van der Waals surface area contributed by atoms with E-state index in [-0.39, 0.29) is 34.4 Å². The Morgan fingerprint density at radius 2 is 1.27 bits per heavy atom. The number of hydrogen-bond donors (Lipinski definition) is 2. The molecule has 2 N–H and O–H groups in total. The first kappa shape index (κ1) is 47.8. The zero-order chi connectivity index (χ0) is 47.1. The van der Waals surface area contributed by atoms with E-state index in [2.05, 4.69) is 62.3 Å². The Bertz CT molecular complexity index is 2670. The summed E-state index contributed by atoms with van der Waals surface area (Å²) in [5.74, 6) is -0.100. The van der Waals surface area contributed by atoms with Gasteiger partial charge in [-0.2, -0.15) is 32.2 Å². The van der Waals surface area contributed by atoms with Crippen LogP contribution in [0.1, 0.15) is 58.5 Å². The van der Waals surface area contributed by atoms with Crippen LogP contribution in [0.2, 0.25) is 0 Å². The van der Waals surface area contributed by atoms with Crippen molar-refractivity contribution in [3.63, 3.8) is 0 Å². The van der Waals surface area contributed by atoms with Crippen molar-refractivity contribution in [2.75, 3.05) is 67.5 Å². The average Bonchev–Trinajstić information content (AvgIpc) is 3.77. The molecule has 1 aromatic carbocycles. The number of benzene rings is 1. The minimum absolute atomic E-state index is 0.114. The first-order valence-corrected chi connectivity index (χ1v) is 21.6. The molecule has 0 radical (unpaired) electrons. The van der Waals surface area contributed by atoms with Gasteiger partial charge in [0.25, 0.3) is 16.9 Å². The van der Waals surface area contributed by atoms with Gasteiger partial charge in [-0.3, -0.25) is 19.5 Å². The molecule has 4 aromatic heterocycles. The summed E-state index contributed by atoms with van der Waals surface area (Å²) in [5, 5.41) is 9.51. The van der Waals surface area contributed by atoms with Crippen molar-refractivity contribution in [2.24, 2.45) is 0 Å². The minimum Gasteiger partial charge on any atom is -0.444 e. The van der Waals surface area contributed by atoms with Crippen molar-refractivity contribution in [1.82, 2.24) is 48.5 Å². The fraction of sp³-hybridized carbons (Fsp3) is 0.513. The molecule has 0 spiro atoms. The summed E-state index contributed by atoms with van der Waals surface area (Å²) in [6.07, 6.45) is -5.25. The molecule has 6 heterocycles. The molecular weight excluding hydrogens is 979 g/mol. The second-order valence-corrected chi connectivity index (χ2v) is 18.4. The second-order valence-electron chi connectivity index (χ2n) is 17.0. The average molecular weight is 1030 g/mol. The molecule has 2 saturated heterocycles. The lowest BCUT2D eigenvalue weighted by molar-refractivity contribution is -0.137. The molecule has 0 unspecified atom stereocenters. The maximum absolute atomic E-state index is 13.4. The number of hydrogen-bond acceptors (Lipinski definition) is 13. The fourth-order valence-electron chi connectivity index (χ4n) is 6.99. The molecule has 2 aliphatic heterocycles. The van der Waals surface area contributed by atoms with Crippen LogP contribution in [0.3, 0.4) is 0 Å². The number of aromatic amines is 1. The summed E-state index contributed by atoms with van der Waals surface area (Å²) < 4.78 is 53.9. The van der Waals surface area contributed by atoms with E-state index < -0.39 is 40.5 Å². The van der Waals surface area contributed by atoms with Crippen LogP contribution in [0.15, 0.2) is 43.3 Å². The van der Waals surface area contributed by atoms with E-state index in [1.54, 1.807) is 44.4 Å². The van der Waals surface area contributed by atoms with E-state index in [0.717, 1.165) is 28.8 Å². The van der Waals surface area contributed by atoms with Gasteiger partial charge in [0, 0.05) is 63.7 Å². The van der Waals surface area contributed by atoms with Gasteiger partial charge in [0.2, 0.25) is 16.4 Å². The van der Waals surface area contributed by atoms with Crippen LogP contribution in [0.25, 0.3) is 11.6 Å². The van der Waals surface area contributed by atoms with Gasteiger partial charge >= 0.3 is 18.4 Å². The van der Waals surface area contributed by atoms with Gasteiger partial charge in [-0.15, -0.1) is 5.10 Å². The van der Waals surface area contributed by atoms with Crippen LogP contribution >= 0.6 is 31.9 Å². The molecule has 2 fully saturated rings. The van der Waals surface area contributed by atoms with Crippen LogP contribution in [0.5, 0.6) is 0 Å². The Hall–Kier alpha value is -5.72. The number of alkyl halides is 3. The van der Waals surface area contributed by atoms with Gasteiger partial charge in [-0.1, -0.05) is 0 Å². The molecule has 2 aliphatic rings. The maximum atomic E-state index is 13.4. The standard InChI is InChI=1S/C24H27BrF3N7O4.C15H21BrN6O3/c1-14-18(32-9-11-33(12-10-32)22(38)39-23(2,3)4)19(37)35-21(30-20(25)31-35)34(14)13-17(36)29-16-7-5-15(6-8-16)24(26,27)28;1-9-10(11(23)22-13(17-9)18-12(16)19-22)20-5-7-21(8-6-20)14(24)25-15(2,3)4/h5-8H,9-13H2,1-4H3,(H,29,36);5-8H2,1-4H3,(H,17,18,19). The lowest BCUT2D eigenvalue weighted by atomic mass is 10.2. The molecule has 0 bridgehead atoms. The smallest absolute Gasteiger partial charge is 0.416 e. The summed E-state index contributed by atoms with van der Waals surface area (Å²) in [7, 11) is 0. The molecule has 5 aromatic rings. The van der Waals surface area contributed by atoms with Crippen molar-refractivity contribution in [3.8, 4) is 0 Å². The number of H-pyrrole nitrogens is 1. The van der Waals surface area contributed by atoms with Crippen molar-refractivity contribution >= 4 is 78.6 Å². The number of amides is 3. The number of fused-ring (bicyclic) bond motifs is 2. The summed E-state index contributed by atoms with van der Waals surface area (Å²) in [6, 6.07) is 4.09. The van der Waals surface area contributed by atoms with Gasteiger partial charge in [-0.05, 0) is 112 Å². The molecule has 3 amide bonds. The predicted octanol–water partition coefficient (Wildman–Crippen LogP) is 5.22. The lowest BCUT2D eigenvalue weighted by Crippen LogP contribution is -2.51. The third kappa shape index (κ3) is 11.1. The Morgan fingerprint density at radius 3 is 1.77 bits per heavy atom. The third-order valence-corrected chi connectivity index (χ3v) is 10.5. The number of rotatable bonds is 5. The number of aromatic nitrogens is 8. The van der Waals surface area contributed by atoms with Gasteiger partial charge in [0.15, 0.2) is 4.73 Å². The van der Waals surface area contributed by atoms with E-state index in [1.807, 2.05) is 30.6 Å². The van der Waals surface area contributed by atoms with Crippen LogP contribution in [0, 0.1) is 13.8 Å². The number of anilines is 3. The Kier molecular flexibility index (Phi) is 13.7. The highest BCUT2D eigenvalue weighted by molar-refractivity contribution is 9.10. The molecule has 0 saturated carbocycles. The highest BCUT2D eigenvalue weighted by atomic mass is 79.9. The first-order chi connectivity index (χ1) is 29.8. The number of nitrogens with one attached hydrogen (secondary N) is 2. The topological polar surface area (TPSA) is 210 Å². The third-order valence-electron chi connectivity index (χ3n) is 9.86. The summed E-state index contributed by atoms with van der Waals surface area (Å²) in [5.41, 5.74) is -0.555. The summed E-state index contributed by atoms with van der Waals surface area (Å²) in [6.45, 7) is 17.4. The van der Waals surface area contributed by atoms with E-state index in [0.29, 0.717) is 85.6 Å². The number of nitrogens with zero attached hydrogens (tertiary/aromatic N) is 11. The van der Waals surface area contributed by atoms with Crippen molar-refractivity contribution in [2.45, 2.75) is 79.3 Å². The van der Waals surface area contributed by atoms with Gasteiger partial charge in [0.05, 0.1) is 11.3 Å². The van der Waals surface area contributed by atoms with E-state index in [1.165, 1.54) is 9.08 Å². The normalized spacial score (nSPS) is 15.0. The van der Waals surface area contributed by atoms with Gasteiger partial charge in [-0.25, -0.2) is 14.6 Å². The molecule has 0 atom stereocenters. The van der Waals surface area contributed by atoms with E-state index in [4.69, 9.17) is 9.47 Å². The largest absolute Gasteiger partial charge is 0.444 e. The SMILES string of the molecule is Cc1c(N2CCN(C(=O)OC(C)(C)C)CC2)c(=O)n2nc(Br)nc2n1CC(=O)Nc1ccc(C(F)(F)F)cc1.Cc1nc2nc(Br)[nH]n2c(=O)c1N1CCN(C(=O)OC(C)(C)C)CC1. The lowest BCUT2D eigenvalue weighted by Gasteiger charge is -2.37. The molecule has 64 heavy (non-hydrogen) atoms. The Morgan fingerprint density at radius 1 is 0.750 bits per heavy atom. The molecular formula is C39H48Br2F3N13O7. The number of halogens is 5. The Labute approximate surface area is 380 Å². The molecule has 25 heteroatoms. The zero-order valence-electron chi connectivity index (χ0n) is 36.3. The van der Waals surface area contributed by atoms with Crippen molar-refractivity contribution in [3.05, 3.63) is 71.4 Å². The predicted molar refractivity (Wildman–Crippen MR) is 236 cm³/mol. The molecule has 0 aliphatic carbocycles. The number of carbonyl (C=O) groups excluding carboxylic acids is 3. The van der Waals surface area contributed by atoms with Gasteiger partial charge < -0.3 is 39.0 Å². The number of piperazine rings is 2. The van der Waals surface area contributed by atoms with Crippen molar-refractivity contribution in [1.29, 1.82) is 0 Å².